The Kier molecular flexibility index (Phi) is 3.62. The predicted molar refractivity (Wildman–Crippen MR) is 142 cm³/mol. The average Bonchev–Trinajstić information content (AvgIpc) is 3.46. The lowest BCUT2D eigenvalue weighted by Gasteiger charge is -2.22. The molecule has 0 bridgehead atoms. The van der Waals surface area contributed by atoms with Crippen LogP contribution in [0.3, 0.4) is 0 Å². The van der Waals surface area contributed by atoms with E-state index in [-0.39, 0.29) is 0 Å². The van der Waals surface area contributed by atoms with Gasteiger partial charge in [-0.05, 0) is 47.2 Å². The molecule has 3 heterocycles. The molecule has 0 radical (unpaired) electrons. The van der Waals surface area contributed by atoms with Gasteiger partial charge in [0.15, 0.2) is 11.5 Å². The molecule has 0 fully saturated rings. The second-order valence-corrected chi connectivity index (χ2v) is 9.13. The van der Waals surface area contributed by atoms with Gasteiger partial charge in [-0.15, -0.1) is 0 Å². The number of fused-ring (bicyclic) bond motifs is 7. The Morgan fingerprint density at radius 2 is 1.57 bits per heavy atom. The molecule has 5 aromatic carbocycles. The number of benzene rings is 5. The summed E-state index contributed by atoms with van der Waals surface area (Å²) in [6.45, 7) is 2.15. The summed E-state index contributed by atoms with van der Waals surface area (Å²) < 4.78 is 11.1. The lowest BCUT2D eigenvalue weighted by Crippen LogP contribution is -2.08. The third-order valence-corrected chi connectivity index (χ3v) is 7.25. The van der Waals surface area contributed by atoms with Gasteiger partial charge in [-0.1, -0.05) is 61.5 Å². The fraction of sp³-hybridized carbons (Fsp3) is 0.0645. The van der Waals surface area contributed by atoms with Crippen molar-refractivity contribution in [2.24, 2.45) is 0 Å². The summed E-state index contributed by atoms with van der Waals surface area (Å²) in [6.07, 6.45) is 0.856. The first-order chi connectivity index (χ1) is 17.3. The molecule has 1 aliphatic heterocycles. The van der Waals surface area contributed by atoms with Crippen LogP contribution in [0.4, 0.5) is 0 Å². The Labute approximate surface area is 201 Å². The second-order valence-electron chi connectivity index (χ2n) is 9.13. The summed E-state index contributed by atoms with van der Waals surface area (Å²) >= 11 is 0. The third-order valence-electron chi connectivity index (χ3n) is 7.25. The van der Waals surface area contributed by atoms with E-state index in [4.69, 9.17) is 9.72 Å². The quantitative estimate of drug-likeness (QED) is 0.267. The first-order valence-electron chi connectivity index (χ1n) is 12.1. The van der Waals surface area contributed by atoms with Gasteiger partial charge in [0.2, 0.25) is 0 Å². The van der Waals surface area contributed by atoms with E-state index >= 15 is 0 Å². The molecule has 4 nitrogen and oxygen atoms in total. The van der Waals surface area contributed by atoms with Crippen LogP contribution in [-0.4, -0.2) is 14.1 Å². The molecule has 0 unspecified atom stereocenters. The molecule has 2 aromatic heterocycles. The number of hydrogen-bond donors (Lipinski definition) is 0. The minimum absolute atomic E-state index is 0.849. The number of ether oxygens (including phenoxy) is 1. The molecule has 0 amide bonds. The average molecular weight is 452 g/mol. The van der Waals surface area contributed by atoms with Crippen LogP contribution in [0.25, 0.3) is 55.0 Å². The molecule has 0 N–H and O–H groups in total. The van der Waals surface area contributed by atoms with Gasteiger partial charge in [-0.2, -0.15) is 0 Å². The summed E-state index contributed by atoms with van der Waals surface area (Å²) in [5.41, 5.74) is 6.53. The van der Waals surface area contributed by atoms with Gasteiger partial charge < -0.3 is 9.30 Å². The summed E-state index contributed by atoms with van der Waals surface area (Å²) in [6, 6.07) is 34.4. The van der Waals surface area contributed by atoms with Crippen molar-refractivity contribution < 1.29 is 4.74 Å². The molecule has 1 aliphatic rings. The van der Waals surface area contributed by atoms with Crippen LogP contribution < -0.4 is 4.74 Å². The van der Waals surface area contributed by atoms with E-state index in [1.54, 1.807) is 0 Å². The fourth-order valence-electron chi connectivity index (χ4n) is 5.77. The number of aryl methyl sites for hydroxylation is 1. The molecule has 0 saturated heterocycles. The maximum atomic E-state index is 6.47. The highest BCUT2D eigenvalue weighted by Gasteiger charge is 2.24. The van der Waals surface area contributed by atoms with E-state index in [2.05, 4.69) is 101 Å². The van der Waals surface area contributed by atoms with Gasteiger partial charge in [0, 0.05) is 23.3 Å². The molecule has 0 saturated carbocycles. The van der Waals surface area contributed by atoms with Crippen molar-refractivity contribution in [1.29, 1.82) is 0 Å². The predicted octanol–water partition coefficient (Wildman–Crippen LogP) is 7.94. The molecule has 0 aliphatic carbocycles. The van der Waals surface area contributed by atoms with E-state index in [1.807, 2.05) is 12.1 Å². The smallest absolute Gasteiger partial charge is 0.153 e. The molecule has 0 atom stereocenters. The minimum atomic E-state index is 0.849. The van der Waals surface area contributed by atoms with E-state index in [9.17, 15) is 0 Å². The maximum absolute atomic E-state index is 6.47. The first kappa shape index (κ1) is 18.8. The Morgan fingerprint density at radius 1 is 0.714 bits per heavy atom. The van der Waals surface area contributed by atoms with Gasteiger partial charge in [0.05, 0.1) is 27.9 Å². The van der Waals surface area contributed by atoms with E-state index in [1.165, 1.54) is 32.6 Å². The Morgan fingerprint density at radius 3 is 2.49 bits per heavy atom. The lowest BCUT2D eigenvalue weighted by molar-refractivity contribution is 0.474. The Hall–Kier alpha value is -4.57. The van der Waals surface area contributed by atoms with Crippen LogP contribution in [0, 0.1) is 0 Å². The zero-order valence-corrected chi connectivity index (χ0v) is 19.2. The fourth-order valence-corrected chi connectivity index (χ4v) is 5.77. The van der Waals surface area contributed by atoms with Gasteiger partial charge in [-0.25, -0.2) is 4.98 Å². The molecular weight excluding hydrogens is 430 g/mol. The zero-order chi connectivity index (χ0) is 23.1. The summed E-state index contributed by atoms with van der Waals surface area (Å²) in [7, 11) is 0. The summed E-state index contributed by atoms with van der Waals surface area (Å²) in [5, 5.41) is 5.07. The van der Waals surface area contributed by atoms with Crippen molar-refractivity contribution >= 4 is 43.6 Å². The van der Waals surface area contributed by atoms with Crippen LogP contribution in [0.5, 0.6) is 11.5 Å². The number of nitrogens with zero attached hydrogens (tertiary/aromatic N) is 3. The summed E-state index contributed by atoms with van der Waals surface area (Å²) in [4.78, 5) is 4.86. The van der Waals surface area contributed by atoms with Crippen molar-refractivity contribution in [3.8, 4) is 22.9 Å². The van der Waals surface area contributed by atoms with Crippen molar-refractivity contribution in [3.05, 3.63) is 103 Å². The number of imidazole rings is 1. The molecule has 35 heavy (non-hydrogen) atoms. The standard InChI is InChI=1S/C31H21N3O/c1-2-29-32-23-11-7-13-27-31(23)34(29)25-17-15-20(18-28(25)35-27)33-24-12-6-5-10-22(24)30-21-9-4-3-8-19(21)14-16-26(30)33/h3-18H,2H2,1H3. The lowest BCUT2D eigenvalue weighted by atomic mass is 10.0. The SMILES string of the molecule is CCc1nc2cccc3c2n1-c1ccc(-n2c4ccccc4c4c5ccccc5ccc42)cc1O3. The molecule has 8 rings (SSSR count). The largest absolute Gasteiger partial charge is 0.453 e. The van der Waals surface area contributed by atoms with Crippen molar-refractivity contribution in [1.82, 2.24) is 14.1 Å². The molecule has 4 heteroatoms. The highest BCUT2D eigenvalue weighted by atomic mass is 16.5. The van der Waals surface area contributed by atoms with Crippen molar-refractivity contribution in [2.45, 2.75) is 13.3 Å². The van der Waals surface area contributed by atoms with E-state index in [0.717, 1.165) is 46.2 Å². The Balaban J connectivity index is 1.43. The van der Waals surface area contributed by atoms with Gasteiger partial charge in [0.1, 0.15) is 11.3 Å². The number of para-hydroxylation sites is 2. The molecular formula is C31H21N3O. The van der Waals surface area contributed by atoms with Crippen LogP contribution >= 0.6 is 0 Å². The zero-order valence-electron chi connectivity index (χ0n) is 19.2. The molecule has 7 aromatic rings. The van der Waals surface area contributed by atoms with Crippen molar-refractivity contribution in [2.75, 3.05) is 0 Å². The normalized spacial score (nSPS) is 12.5. The Bertz CT molecular complexity index is 1980. The van der Waals surface area contributed by atoms with E-state index in [0.29, 0.717) is 0 Å². The number of rotatable bonds is 2. The summed E-state index contributed by atoms with van der Waals surface area (Å²) in [5.74, 6) is 2.75. The second kappa shape index (κ2) is 6.73. The van der Waals surface area contributed by atoms with Crippen LogP contribution in [0.15, 0.2) is 97.1 Å². The maximum Gasteiger partial charge on any atom is 0.153 e. The highest BCUT2D eigenvalue weighted by molar-refractivity contribution is 6.21. The molecule has 166 valence electrons. The van der Waals surface area contributed by atoms with E-state index < -0.39 is 0 Å². The van der Waals surface area contributed by atoms with Crippen molar-refractivity contribution in [3.63, 3.8) is 0 Å². The van der Waals surface area contributed by atoms with Gasteiger partial charge >= 0.3 is 0 Å². The van der Waals surface area contributed by atoms with Crippen LogP contribution in [-0.2, 0) is 6.42 Å². The first-order valence-corrected chi connectivity index (χ1v) is 12.1. The van der Waals surface area contributed by atoms with Gasteiger partial charge in [-0.3, -0.25) is 4.57 Å². The highest BCUT2D eigenvalue weighted by Crippen LogP contribution is 2.43. The minimum Gasteiger partial charge on any atom is -0.453 e. The van der Waals surface area contributed by atoms with Crippen LogP contribution in [0.1, 0.15) is 12.7 Å². The number of hydrogen-bond acceptors (Lipinski definition) is 2. The van der Waals surface area contributed by atoms with Gasteiger partial charge in [0.25, 0.3) is 0 Å². The monoisotopic (exact) mass is 451 g/mol. The third kappa shape index (κ3) is 2.43. The molecule has 0 spiro atoms. The van der Waals surface area contributed by atoms with Crippen LogP contribution in [0.2, 0.25) is 0 Å². The number of aromatic nitrogens is 3. The topological polar surface area (TPSA) is 32.0 Å².